The molecule has 2 atom stereocenters. The molecule has 1 aromatic rings. The van der Waals surface area contributed by atoms with Crippen LogP contribution in [0.15, 0.2) is 18.2 Å². The zero-order chi connectivity index (χ0) is 13.2. The maximum absolute atomic E-state index is 13.7. The Kier molecular flexibility index (Phi) is 3.97. The van der Waals surface area contributed by atoms with Gasteiger partial charge in [-0.25, -0.2) is 8.78 Å². The molecule has 0 bridgehead atoms. The van der Waals surface area contributed by atoms with Gasteiger partial charge in [0.15, 0.2) is 0 Å². The van der Waals surface area contributed by atoms with Crippen LogP contribution in [-0.2, 0) is 10.2 Å². The van der Waals surface area contributed by atoms with Crippen molar-refractivity contribution < 1.29 is 13.5 Å². The first kappa shape index (κ1) is 13.4. The average molecular weight is 255 g/mol. The number of benzene rings is 1. The second-order valence-electron chi connectivity index (χ2n) is 5.14. The molecule has 0 amide bonds. The van der Waals surface area contributed by atoms with E-state index in [9.17, 15) is 8.78 Å². The van der Waals surface area contributed by atoms with Crippen LogP contribution in [0, 0.1) is 17.6 Å². The van der Waals surface area contributed by atoms with Crippen molar-refractivity contribution in [2.75, 3.05) is 26.8 Å². The molecule has 0 saturated heterocycles. The molecule has 0 spiro atoms. The average Bonchev–Trinajstić information content (AvgIpc) is 2.96. The molecule has 2 rings (SSSR count). The van der Waals surface area contributed by atoms with Crippen molar-refractivity contribution in [1.82, 2.24) is 5.32 Å². The van der Waals surface area contributed by atoms with E-state index >= 15 is 0 Å². The lowest BCUT2D eigenvalue weighted by Gasteiger charge is -2.13. The molecular formula is C14H19F2NO. The Labute approximate surface area is 106 Å². The summed E-state index contributed by atoms with van der Waals surface area (Å²) in [7, 11) is 1.66. The Morgan fingerprint density at radius 2 is 2.22 bits per heavy atom. The summed E-state index contributed by atoms with van der Waals surface area (Å²) in [5, 5.41) is 3.28. The van der Waals surface area contributed by atoms with Crippen molar-refractivity contribution in [1.29, 1.82) is 0 Å². The molecule has 4 heteroatoms. The first-order valence-electron chi connectivity index (χ1n) is 6.23. The van der Waals surface area contributed by atoms with Crippen LogP contribution in [0.2, 0.25) is 0 Å². The topological polar surface area (TPSA) is 21.3 Å². The first-order chi connectivity index (χ1) is 8.58. The van der Waals surface area contributed by atoms with Gasteiger partial charge >= 0.3 is 0 Å². The summed E-state index contributed by atoms with van der Waals surface area (Å²) in [4.78, 5) is 0. The predicted molar refractivity (Wildman–Crippen MR) is 66.6 cm³/mol. The fourth-order valence-corrected chi connectivity index (χ4v) is 2.48. The van der Waals surface area contributed by atoms with Gasteiger partial charge < -0.3 is 10.1 Å². The van der Waals surface area contributed by atoms with E-state index in [0.717, 1.165) is 25.6 Å². The van der Waals surface area contributed by atoms with Crippen LogP contribution in [0.1, 0.15) is 18.9 Å². The number of halogens is 2. The second kappa shape index (κ2) is 5.33. The molecule has 1 aliphatic rings. The Balaban J connectivity index is 1.93. The van der Waals surface area contributed by atoms with Gasteiger partial charge in [-0.2, -0.15) is 0 Å². The van der Waals surface area contributed by atoms with E-state index in [1.165, 1.54) is 6.07 Å². The number of ether oxygens (including phenoxy) is 1. The summed E-state index contributed by atoms with van der Waals surface area (Å²) in [5.41, 5.74) is 0.472. The number of methoxy groups -OCH3 is 1. The minimum Gasteiger partial charge on any atom is -0.383 e. The lowest BCUT2D eigenvalue weighted by molar-refractivity contribution is 0.199. The fraction of sp³-hybridized carbons (Fsp3) is 0.571. The van der Waals surface area contributed by atoms with Gasteiger partial charge in [0.05, 0.1) is 6.61 Å². The van der Waals surface area contributed by atoms with Crippen LogP contribution < -0.4 is 5.32 Å². The molecule has 1 aromatic carbocycles. The molecular weight excluding hydrogens is 236 g/mol. The van der Waals surface area contributed by atoms with E-state index in [1.54, 1.807) is 13.2 Å². The van der Waals surface area contributed by atoms with E-state index in [1.807, 2.05) is 6.92 Å². The van der Waals surface area contributed by atoms with Crippen LogP contribution in [0.5, 0.6) is 0 Å². The molecule has 2 unspecified atom stereocenters. The first-order valence-corrected chi connectivity index (χ1v) is 6.23. The Hall–Kier alpha value is -1.00. The number of hydrogen-bond donors (Lipinski definition) is 1. The molecule has 18 heavy (non-hydrogen) atoms. The summed E-state index contributed by atoms with van der Waals surface area (Å²) in [6.45, 7) is 4.35. The van der Waals surface area contributed by atoms with Crippen LogP contribution in [0.4, 0.5) is 8.78 Å². The van der Waals surface area contributed by atoms with E-state index < -0.39 is 11.6 Å². The van der Waals surface area contributed by atoms with Gasteiger partial charge in [0, 0.05) is 19.7 Å². The molecule has 1 N–H and O–H groups in total. The Morgan fingerprint density at radius 1 is 1.44 bits per heavy atom. The third kappa shape index (κ3) is 2.70. The van der Waals surface area contributed by atoms with Crippen molar-refractivity contribution in [3.05, 3.63) is 35.4 Å². The van der Waals surface area contributed by atoms with Gasteiger partial charge in [0.1, 0.15) is 11.6 Å². The maximum Gasteiger partial charge on any atom is 0.129 e. The smallest absolute Gasteiger partial charge is 0.129 e. The van der Waals surface area contributed by atoms with Crippen LogP contribution in [0.3, 0.4) is 0 Å². The van der Waals surface area contributed by atoms with Crippen LogP contribution in [0.25, 0.3) is 0 Å². The minimum absolute atomic E-state index is 0.155. The Bertz CT molecular complexity index is 424. The zero-order valence-corrected chi connectivity index (χ0v) is 10.8. The van der Waals surface area contributed by atoms with Gasteiger partial charge in [-0.15, -0.1) is 0 Å². The highest BCUT2D eigenvalue weighted by Crippen LogP contribution is 2.54. The van der Waals surface area contributed by atoms with E-state index in [-0.39, 0.29) is 5.41 Å². The largest absolute Gasteiger partial charge is 0.383 e. The fourth-order valence-electron chi connectivity index (χ4n) is 2.48. The summed E-state index contributed by atoms with van der Waals surface area (Å²) in [5.74, 6) is -0.540. The van der Waals surface area contributed by atoms with Crippen LogP contribution in [-0.4, -0.2) is 26.8 Å². The molecule has 1 fully saturated rings. The highest BCUT2D eigenvalue weighted by atomic mass is 19.1. The molecule has 1 aliphatic carbocycles. The summed E-state index contributed by atoms with van der Waals surface area (Å²) < 4.78 is 31.5. The van der Waals surface area contributed by atoms with Gasteiger partial charge in [-0.1, -0.05) is 13.0 Å². The van der Waals surface area contributed by atoms with Gasteiger partial charge in [0.25, 0.3) is 0 Å². The predicted octanol–water partition coefficient (Wildman–Crippen LogP) is 2.48. The molecule has 0 aliphatic heterocycles. The Morgan fingerprint density at radius 3 is 2.89 bits per heavy atom. The van der Waals surface area contributed by atoms with Crippen molar-refractivity contribution in [2.45, 2.75) is 18.8 Å². The SMILES string of the molecule is COCCNCC1CC1(C)c1ccc(F)cc1F. The van der Waals surface area contributed by atoms with E-state index in [4.69, 9.17) is 4.74 Å². The van der Waals surface area contributed by atoms with Crippen molar-refractivity contribution in [3.8, 4) is 0 Å². The molecule has 2 nitrogen and oxygen atoms in total. The van der Waals surface area contributed by atoms with Gasteiger partial charge in [-0.3, -0.25) is 0 Å². The van der Waals surface area contributed by atoms with Gasteiger partial charge in [-0.05, 0) is 35.9 Å². The quantitative estimate of drug-likeness (QED) is 0.788. The van der Waals surface area contributed by atoms with Crippen molar-refractivity contribution >= 4 is 0 Å². The normalized spacial score (nSPS) is 26.3. The van der Waals surface area contributed by atoms with Crippen molar-refractivity contribution in [2.24, 2.45) is 5.92 Å². The minimum atomic E-state index is -0.518. The maximum atomic E-state index is 13.7. The molecule has 1 saturated carbocycles. The number of rotatable bonds is 6. The summed E-state index contributed by atoms with van der Waals surface area (Å²) >= 11 is 0. The summed E-state index contributed by atoms with van der Waals surface area (Å²) in [6.07, 6.45) is 0.940. The van der Waals surface area contributed by atoms with E-state index in [2.05, 4.69) is 5.32 Å². The molecule has 0 radical (unpaired) electrons. The summed E-state index contributed by atoms with van der Waals surface area (Å²) in [6, 6.07) is 3.87. The lowest BCUT2D eigenvalue weighted by atomic mass is 9.95. The van der Waals surface area contributed by atoms with Crippen molar-refractivity contribution in [3.63, 3.8) is 0 Å². The van der Waals surface area contributed by atoms with Crippen LogP contribution >= 0.6 is 0 Å². The third-order valence-electron chi connectivity index (χ3n) is 3.83. The highest BCUT2D eigenvalue weighted by molar-refractivity contribution is 5.34. The third-order valence-corrected chi connectivity index (χ3v) is 3.83. The second-order valence-corrected chi connectivity index (χ2v) is 5.14. The highest BCUT2D eigenvalue weighted by Gasteiger charge is 2.51. The van der Waals surface area contributed by atoms with E-state index in [0.29, 0.717) is 18.1 Å². The number of hydrogen-bond acceptors (Lipinski definition) is 2. The monoisotopic (exact) mass is 255 g/mol. The van der Waals surface area contributed by atoms with Gasteiger partial charge in [0.2, 0.25) is 0 Å². The number of nitrogens with one attached hydrogen (secondary N) is 1. The zero-order valence-electron chi connectivity index (χ0n) is 10.8. The molecule has 0 heterocycles. The lowest BCUT2D eigenvalue weighted by Crippen LogP contribution is -2.24. The molecule has 0 aromatic heterocycles. The molecule has 100 valence electrons. The standard InChI is InChI=1S/C14H19F2NO/c1-14(8-10(14)9-17-5-6-18-2)12-4-3-11(15)7-13(12)16/h3-4,7,10,17H,5-6,8-9H2,1-2H3.